The molecule has 2 aromatic carbocycles. The van der Waals surface area contributed by atoms with Crippen LogP contribution in [0.3, 0.4) is 0 Å². The van der Waals surface area contributed by atoms with Gasteiger partial charge in [0.25, 0.3) is 5.91 Å². The highest BCUT2D eigenvalue weighted by Gasteiger charge is 2.35. The summed E-state index contributed by atoms with van der Waals surface area (Å²) in [5, 5.41) is 10.4. The number of aromatic nitrogens is 2. The van der Waals surface area contributed by atoms with E-state index in [0.717, 1.165) is 20.8 Å². The van der Waals surface area contributed by atoms with Crippen molar-refractivity contribution in [1.82, 2.24) is 19.4 Å². The van der Waals surface area contributed by atoms with E-state index in [2.05, 4.69) is 27.0 Å². The second kappa shape index (κ2) is 9.22. The molecule has 35 heavy (non-hydrogen) atoms. The van der Waals surface area contributed by atoms with E-state index in [-0.39, 0.29) is 36.8 Å². The number of fused-ring (bicyclic) bond motifs is 2. The molecule has 0 aliphatic carbocycles. The quantitative estimate of drug-likeness (QED) is 0.401. The van der Waals surface area contributed by atoms with E-state index < -0.39 is 0 Å². The minimum Gasteiger partial charge on any atom is -0.456 e. The van der Waals surface area contributed by atoms with Gasteiger partial charge in [0, 0.05) is 29.9 Å². The third kappa shape index (κ3) is 4.07. The van der Waals surface area contributed by atoms with Gasteiger partial charge in [-0.1, -0.05) is 33.8 Å². The van der Waals surface area contributed by atoms with Gasteiger partial charge in [0.05, 0.1) is 17.8 Å². The number of amides is 2. The summed E-state index contributed by atoms with van der Waals surface area (Å²) in [7, 11) is 0. The lowest BCUT2D eigenvalue weighted by atomic mass is 10.0. The minimum absolute atomic E-state index is 0. The molecule has 4 aliphatic heterocycles. The van der Waals surface area contributed by atoms with Crippen LogP contribution in [0.4, 0.5) is 0 Å². The number of imidazole rings is 1. The number of benzene rings is 2. The fraction of sp³-hybridized carbons (Fsp3) is 0.250. The molecule has 2 amide bonds. The highest BCUT2D eigenvalue weighted by atomic mass is 79.9. The topological polar surface area (TPSA) is 91.5 Å². The van der Waals surface area contributed by atoms with Gasteiger partial charge in [0.15, 0.2) is 5.16 Å². The van der Waals surface area contributed by atoms with Gasteiger partial charge in [-0.2, -0.15) is 5.26 Å². The number of hydrogen-bond donors (Lipinski definition) is 0. The van der Waals surface area contributed by atoms with E-state index in [9.17, 15) is 14.9 Å². The summed E-state index contributed by atoms with van der Waals surface area (Å²) in [6.07, 6.45) is 1.60. The maximum Gasteiger partial charge on any atom is 0.272 e. The van der Waals surface area contributed by atoms with E-state index in [1.54, 1.807) is 33.8 Å². The van der Waals surface area contributed by atoms with Crippen molar-refractivity contribution in [2.24, 2.45) is 0 Å². The summed E-state index contributed by atoms with van der Waals surface area (Å²) in [6, 6.07) is 13.2. The number of thioether (sulfide) groups is 1. The summed E-state index contributed by atoms with van der Waals surface area (Å²) in [6.45, 7) is 1.33. The number of ether oxygens (including phenoxy) is 1. The zero-order valence-electron chi connectivity index (χ0n) is 18.3. The van der Waals surface area contributed by atoms with Gasteiger partial charge < -0.3 is 19.1 Å². The molecular weight excluding hydrogens is 554 g/mol. The van der Waals surface area contributed by atoms with E-state index in [0.29, 0.717) is 48.1 Å². The molecule has 5 heterocycles. The predicted molar refractivity (Wildman–Crippen MR) is 135 cm³/mol. The molecule has 1 aromatic heterocycles. The average Bonchev–Trinajstić information content (AvgIpc) is 3.44. The first-order valence-corrected chi connectivity index (χ1v) is 12.6. The largest absolute Gasteiger partial charge is 0.456 e. The Hall–Kier alpha value is -3.00. The predicted octanol–water partition coefficient (Wildman–Crippen LogP) is 4.22. The molecule has 1 atom stereocenters. The Balaban J connectivity index is 0.00000253. The van der Waals surface area contributed by atoms with Crippen LogP contribution in [0.2, 0.25) is 0 Å². The van der Waals surface area contributed by atoms with Crippen LogP contribution in [0, 0.1) is 11.3 Å². The molecule has 7 rings (SSSR count). The second-order valence-electron chi connectivity index (χ2n) is 8.39. The van der Waals surface area contributed by atoms with E-state index in [4.69, 9.17) is 4.74 Å². The third-order valence-electron chi connectivity index (χ3n) is 6.39. The van der Waals surface area contributed by atoms with Crippen LogP contribution < -0.4 is 4.74 Å². The van der Waals surface area contributed by atoms with Crippen LogP contribution in [-0.2, 0) is 11.3 Å². The van der Waals surface area contributed by atoms with Crippen LogP contribution in [-0.4, -0.2) is 56.6 Å². The fourth-order valence-electron chi connectivity index (χ4n) is 4.59. The molecule has 0 unspecified atom stereocenters. The summed E-state index contributed by atoms with van der Waals surface area (Å²) in [4.78, 5) is 34.2. The van der Waals surface area contributed by atoms with Gasteiger partial charge in [-0.05, 0) is 41.5 Å². The molecule has 8 nitrogen and oxygen atoms in total. The average molecular weight is 573 g/mol. The van der Waals surface area contributed by atoms with Crippen molar-refractivity contribution >= 4 is 51.9 Å². The van der Waals surface area contributed by atoms with Crippen molar-refractivity contribution in [3.63, 3.8) is 0 Å². The molecule has 1 saturated heterocycles. The highest BCUT2D eigenvalue weighted by molar-refractivity contribution is 9.10. The fourth-order valence-corrected chi connectivity index (χ4v) is 6.10. The summed E-state index contributed by atoms with van der Waals surface area (Å²) in [5.41, 5.74) is 2.71. The molecule has 0 spiro atoms. The first-order chi connectivity index (χ1) is 16.5. The SMILES string of the molecule is Cl.N#Cc1ccc2cc1Oc1ccc(Br)c(c1)CN1CCN(CC1=O)C(=O)c1cnc3n1[C@@H]2CS3. The monoisotopic (exact) mass is 571 g/mol. The molecule has 3 aromatic rings. The van der Waals surface area contributed by atoms with E-state index in [1.165, 1.54) is 0 Å². The normalized spacial score (nSPS) is 18.6. The molecule has 1 fully saturated rings. The Morgan fingerprint density at radius 2 is 1.94 bits per heavy atom. The Bertz CT molecular complexity index is 1400. The van der Waals surface area contributed by atoms with Gasteiger partial charge in [0.2, 0.25) is 5.91 Å². The van der Waals surface area contributed by atoms with E-state index >= 15 is 0 Å². The molecule has 4 aliphatic rings. The van der Waals surface area contributed by atoms with Gasteiger partial charge in [0.1, 0.15) is 29.8 Å². The number of piperazine rings is 1. The van der Waals surface area contributed by atoms with Gasteiger partial charge in [-0.25, -0.2) is 4.98 Å². The van der Waals surface area contributed by atoms with Crippen molar-refractivity contribution < 1.29 is 14.3 Å². The zero-order valence-corrected chi connectivity index (χ0v) is 21.5. The molecule has 0 N–H and O–H groups in total. The van der Waals surface area contributed by atoms with Crippen molar-refractivity contribution in [2.75, 3.05) is 25.4 Å². The molecular formula is C24H19BrClN5O3S. The Kier molecular flexibility index (Phi) is 6.25. The van der Waals surface area contributed by atoms with Gasteiger partial charge in [-0.15, -0.1) is 12.4 Å². The first-order valence-electron chi connectivity index (χ1n) is 10.8. The van der Waals surface area contributed by atoms with Crippen LogP contribution >= 0.6 is 40.1 Å². The van der Waals surface area contributed by atoms with E-state index in [1.807, 2.05) is 34.9 Å². The Labute approximate surface area is 220 Å². The number of carbonyl (C=O) groups is 2. The van der Waals surface area contributed by atoms with Crippen molar-refractivity contribution in [3.8, 4) is 17.6 Å². The number of hydrogen-bond acceptors (Lipinski definition) is 6. The van der Waals surface area contributed by atoms with Crippen LogP contribution in [0.15, 0.2) is 52.2 Å². The summed E-state index contributed by atoms with van der Waals surface area (Å²) in [5.74, 6) is 1.45. The standard InChI is InChI=1S/C24H18BrN5O3S.ClH/c25-18-4-3-17-7-16(18)11-28-5-6-29(12-22(28)31)23(32)19-10-27-24-30(19)20(13-34-24)14-1-2-15(9-26)21(8-14)33-17;/h1-4,7-8,10,20H,5-6,11-13H2;1H/t20-;/m1./s1. The number of nitriles is 1. The molecule has 11 heteroatoms. The zero-order chi connectivity index (χ0) is 23.4. The maximum absolute atomic E-state index is 13.4. The first kappa shape index (κ1) is 23.7. The minimum atomic E-state index is -0.195. The van der Waals surface area contributed by atoms with Gasteiger partial charge in [-0.3, -0.25) is 9.59 Å². The molecule has 178 valence electrons. The van der Waals surface area contributed by atoms with Crippen molar-refractivity contribution in [1.29, 1.82) is 5.26 Å². The van der Waals surface area contributed by atoms with Gasteiger partial charge >= 0.3 is 0 Å². The maximum atomic E-state index is 13.4. The molecule has 6 bridgehead atoms. The van der Waals surface area contributed by atoms with Crippen molar-refractivity contribution in [3.05, 3.63) is 69.5 Å². The Morgan fingerprint density at radius 1 is 1.11 bits per heavy atom. The van der Waals surface area contributed by atoms with Crippen LogP contribution in [0.1, 0.15) is 33.2 Å². The summed E-state index contributed by atoms with van der Waals surface area (Å²) >= 11 is 5.15. The lowest BCUT2D eigenvalue weighted by Crippen LogP contribution is -2.52. The number of halogens is 2. The third-order valence-corrected chi connectivity index (χ3v) is 8.20. The number of nitrogens with zero attached hydrogens (tertiary/aromatic N) is 5. The Morgan fingerprint density at radius 3 is 2.74 bits per heavy atom. The summed E-state index contributed by atoms with van der Waals surface area (Å²) < 4.78 is 8.99. The van der Waals surface area contributed by atoms with Crippen LogP contribution in [0.25, 0.3) is 0 Å². The van der Waals surface area contributed by atoms with Crippen LogP contribution in [0.5, 0.6) is 11.5 Å². The number of carbonyl (C=O) groups excluding carboxylic acids is 2. The molecule has 0 radical (unpaired) electrons. The van der Waals surface area contributed by atoms with Crippen molar-refractivity contribution in [2.45, 2.75) is 17.7 Å². The lowest BCUT2D eigenvalue weighted by molar-refractivity contribution is -0.135. The highest BCUT2D eigenvalue weighted by Crippen LogP contribution is 2.40. The smallest absolute Gasteiger partial charge is 0.272 e. The lowest BCUT2D eigenvalue weighted by Gasteiger charge is -2.35. The number of rotatable bonds is 0. The second-order valence-corrected chi connectivity index (χ2v) is 10.2. The molecule has 0 saturated carbocycles.